The standard InChI is InChI=1S/C30H48O3/c1-26(2)21-10-13-28(5)17-18-16-20(31)25-27(3,4)24(33)11-14-29(25,6)19(18)8-9-22(28)30(21,7)15-12-23(26)32/h17,19,21-25,32-33H,8-16H2,1-7H3/t19-,21-,22-,23+,24+,25-,28-,29+,30-/m0/s1. The number of fused-ring (bicyclic) bond motifs is 6. The molecule has 3 nitrogen and oxygen atoms in total. The van der Waals surface area contributed by atoms with E-state index in [1.165, 1.54) is 31.3 Å². The maximum atomic E-state index is 13.7. The Balaban J connectivity index is 1.55. The van der Waals surface area contributed by atoms with Crippen LogP contribution in [0, 0.1) is 50.7 Å². The number of Topliss-reactive ketones (excluding diaryl/α,β-unsaturated/α-hetero) is 1. The fourth-order valence-electron chi connectivity index (χ4n) is 10.8. The zero-order chi connectivity index (χ0) is 24.2. The number of carbonyl (C=O) groups excluding carboxylic acids is 1. The molecule has 3 heteroatoms. The molecule has 0 radical (unpaired) electrons. The van der Waals surface area contributed by atoms with E-state index in [0.717, 1.165) is 25.7 Å². The smallest absolute Gasteiger partial charge is 0.141 e. The third-order valence-electron chi connectivity index (χ3n) is 12.5. The first-order valence-corrected chi connectivity index (χ1v) is 13.8. The van der Waals surface area contributed by atoms with Gasteiger partial charge >= 0.3 is 0 Å². The molecule has 0 amide bonds. The van der Waals surface area contributed by atoms with E-state index in [4.69, 9.17) is 0 Å². The SMILES string of the molecule is CC1(C)[C@H](O)CC[C@]2(C)[C@H]3CC[C@H]4C(=C[C@]3(C)CC[C@@H]12)CC(=O)[C@H]1C(C)(C)[C@H](O)CC[C@]41C. The molecule has 9 atom stereocenters. The molecule has 33 heavy (non-hydrogen) atoms. The molecule has 2 N–H and O–H groups in total. The zero-order valence-corrected chi connectivity index (χ0v) is 22.2. The summed E-state index contributed by atoms with van der Waals surface area (Å²) in [5, 5.41) is 21.7. The zero-order valence-electron chi connectivity index (χ0n) is 22.2. The van der Waals surface area contributed by atoms with Gasteiger partial charge < -0.3 is 10.2 Å². The Kier molecular flexibility index (Phi) is 5.24. The second-order valence-electron chi connectivity index (χ2n) is 14.8. The van der Waals surface area contributed by atoms with Gasteiger partial charge in [0, 0.05) is 17.8 Å². The predicted octanol–water partition coefficient (Wildman–Crippen LogP) is 6.32. The Morgan fingerprint density at radius 1 is 0.727 bits per heavy atom. The van der Waals surface area contributed by atoms with Crippen molar-refractivity contribution in [1.29, 1.82) is 0 Å². The van der Waals surface area contributed by atoms with E-state index in [2.05, 4.69) is 54.5 Å². The Bertz CT molecular complexity index is 870. The van der Waals surface area contributed by atoms with Crippen LogP contribution in [0.25, 0.3) is 0 Å². The van der Waals surface area contributed by atoms with Gasteiger partial charge in [0.2, 0.25) is 0 Å². The Labute approximate surface area is 201 Å². The Morgan fingerprint density at radius 3 is 2.00 bits per heavy atom. The van der Waals surface area contributed by atoms with Crippen molar-refractivity contribution in [2.75, 3.05) is 0 Å². The fourth-order valence-corrected chi connectivity index (χ4v) is 10.8. The third kappa shape index (κ3) is 3.09. The summed E-state index contributed by atoms with van der Waals surface area (Å²) in [4.78, 5) is 13.7. The lowest BCUT2D eigenvalue weighted by atomic mass is 9.42. The largest absolute Gasteiger partial charge is 0.393 e. The Hall–Kier alpha value is -0.670. The van der Waals surface area contributed by atoms with Gasteiger partial charge in [-0.2, -0.15) is 0 Å². The number of aliphatic hydroxyl groups excluding tert-OH is 2. The summed E-state index contributed by atoms with van der Waals surface area (Å²) in [7, 11) is 0. The maximum Gasteiger partial charge on any atom is 0.141 e. The van der Waals surface area contributed by atoms with Gasteiger partial charge in [-0.05, 0) is 90.8 Å². The number of carbonyl (C=O) groups is 1. The quantitative estimate of drug-likeness (QED) is 0.419. The van der Waals surface area contributed by atoms with Crippen LogP contribution in [-0.2, 0) is 4.79 Å². The van der Waals surface area contributed by atoms with E-state index < -0.39 is 0 Å². The summed E-state index contributed by atoms with van der Waals surface area (Å²) in [6, 6.07) is 0. The van der Waals surface area contributed by atoms with Gasteiger partial charge in [-0.25, -0.2) is 0 Å². The lowest BCUT2D eigenvalue weighted by Gasteiger charge is -2.63. The summed E-state index contributed by atoms with van der Waals surface area (Å²) in [5.41, 5.74) is 1.38. The normalized spacial score (nSPS) is 53.0. The molecule has 0 heterocycles. The van der Waals surface area contributed by atoms with E-state index in [0.29, 0.717) is 30.0 Å². The van der Waals surface area contributed by atoms with Crippen LogP contribution < -0.4 is 0 Å². The van der Waals surface area contributed by atoms with Crippen LogP contribution in [0.4, 0.5) is 0 Å². The van der Waals surface area contributed by atoms with Gasteiger partial charge in [0.1, 0.15) is 5.78 Å². The molecule has 0 unspecified atom stereocenters. The number of aliphatic hydroxyl groups is 2. The second kappa shape index (κ2) is 7.19. The van der Waals surface area contributed by atoms with Crippen molar-refractivity contribution in [2.45, 2.75) is 118 Å². The van der Waals surface area contributed by atoms with E-state index in [1.807, 2.05) is 0 Å². The van der Waals surface area contributed by atoms with Gasteiger partial charge in [0.05, 0.1) is 12.2 Å². The van der Waals surface area contributed by atoms with Gasteiger partial charge in [0.15, 0.2) is 0 Å². The second-order valence-corrected chi connectivity index (χ2v) is 14.8. The molecule has 5 aliphatic rings. The lowest BCUT2D eigenvalue weighted by molar-refractivity contribution is -0.165. The minimum absolute atomic E-state index is 0.0306. The average Bonchev–Trinajstić information content (AvgIpc) is 2.85. The highest BCUT2D eigenvalue weighted by Gasteiger charge is 2.63. The van der Waals surface area contributed by atoms with E-state index >= 15 is 0 Å². The van der Waals surface area contributed by atoms with Crippen molar-refractivity contribution in [3.8, 4) is 0 Å². The van der Waals surface area contributed by atoms with Crippen LogP contribution in [-0.4, -0.2) is 28.2 Å². The summed E-state index contributed by atoms with van der Waals surface area (Å²) in [6.07, 6.45) is 11.2. The highest BCUT2D eigenvalue weighted by Crippen LogP contribution is 2.69. The predicted molar refractivity (Wildman–Crippen MR) is 132 cm³/mol. The van der Waals surface area contributed by atoms with Crippen molar-refractivity contribution in [3.63, 3.8) is 0 Å². The Morgan fingerprint density at radius 2 is 1.33 bits per heavy atom. The van der Waals surface area contributed by atoms with Crippen molar-refractivity contribution >= 4 is 5.78 Å². The monoisotopic (exact) mass is 456 g/mol. The topological polar surface area (TPSA) is 57.5 Å². The molecule has 0 saturated heterocycles. The molecule has 0 aromatic carbocycles. The van der Waals surface area contributed by atoms with Gasteiger partial charge in [-0.15, -0.1) is 0 Å². The highest BCUT2D eigenvalue weighted by molar-refractivity contribution is 5.87. The number of allylic oxidation sites excluding steroid dienone is 2. The number of ketones is 1. The average molecular weight is 457 g/mol. The van der Waals surface area contributed by atoms with Gasteiger partial charge in [-0.3, -0.25) is 4.79 Å². The summed E-state index contributed by atoms with van der Waals surface area (Å²) < 4.78 is 0. The lowest BCUT2D eigenvalue weighted by Crippen LogP contribution is -2.58. The summed E-state index contributed by atoms with van der Waals surface area (Å²) in [5.74, 6) is 1.94. The first kappa shape index (κ1) is 24.0. The molecule has 5 aliphatic carbocycles. The van der Waals surface area contributed by atoms with Crippen LogP contribution in [0.2, 0.25) is 0 Å². The third-order valence-corrected chi connectivity index (χ3v) is 12.5. The van der Waals surface area contributed by atoms with E-state index in [1.54, 1.807) is 0 Å². The number of hydrogen-bond donors (Lipinski definition) is 2. The van der Waals surface area contributed by atoms with Crippen molar-refractivity contribution in [1.82, 2.24) is 0 Å². The van der Waals surface area contributed by atoms with E-state index in [-0.39, 0.29) is 45.2 Å². The molecule has 0 spiro atoms. The van der Waals surface area contributed by atoms with Crippen molar-refractivity contribution < 1.29 is 15.0 Å². The molecule has 0 aromatic heterocycles. The van der Waals surface area contributed by atoms with Crippen LogP contribution in [0.3, 0.4) is 0 Å². The molecule has 4 saturated carbocycles. The van der Waals surface area contributed by atoms with Crippen LogP contribution in [0.1, 0.15) is 106 Å². The van der Waals surface area contributed by atoms with Crippen LogP contribution in [0.15, 0.2) is 11.6 Å². The number of hydrogen-bond acceptors (Lipinski definition) is 3. The molecule has 5 rings (SSSR count). The summed E-state index contributed by atoms with van der Waals surface area (Å²) in [6.45, 7) is 16.3. The fraction of sp³-hybridized carbons (Fsp3) is 0.900. The molecule has 0 aliphatic heterocycles. The van der Waals surface area contributed by atoms with Crippen molar-refractivity contribution in [3.05, 3.63) is 11.6 Å². The molecule has 186 valence electrons. The van der Waals surface area contributed by atoms with Crippen molar-refractivity contribution in [2.24, 2.45) is 50.7 Å². The highest BCUT2D eigenvalue weighted by atomic mass is 16.3. The first-order chi connectivity index (χ1) is 15.2. The minimum Gasteiger partial charge on any atom is -0.393 e. The molecular weight excluding hydrogens is 408 g/mol. The van der Waals surface area contributed by atoms with Crippen LogP contribution >= 0.6 is 0 Å². The molecule has 0 bridgehead atoms. The first-order valence-electron chi connectivity index (χ1n) is 13.8. The van der Waals surface area contributed by atoms with Crippen LogP contribution in [0.5, 0.6) is 0 Å². The van der Waals surface area contributed by atoms with Gasteiger partial charge in [0.25, 0.3) is 0 Å². The maximum absolute atomic E-state index is 13.7. The number of rotatable bonds is 0. The van der Waals surface area contributed by atoms with E-state index in [9.17, 15) is 15.0 Å². The van der Waals surface area contributed by atoms with Gasteiger partial charge in [-0.1, -0.05) is 60.1 Å². The molecule has 0 aromatic rings. The minimum atomic E-state index is -0.383. The summed E-state index contributed by atoms with van der Waals surface area (Å²) >= 11 is 0. The molecular formula is C30H48O3. The molecule has 4 fully saturated rings.